The lowest BCUT2D eigenvalue weighted by Gasteiger charge is -2.17. The minimum Gasteiger partial charge on any atom is -0.491 e. The molecule has 0 radical (unpaired) electrons. The Kier molecular flexibility index (Phi) is 7.36. The largest absolute Gasteiger partial charge is 0.491 e. The summed E-state index contributed by atoms with van der Waals surface area (Å²) in [5.41, 5.74) is 1.75. The molecule has 1 aliphatic heterocycles. The molecule has 0 fully saturated rings. The molecule has 0 unspecified atom stereocenters. The van der Waals surface area contributed by atoms with Gasteiger partial charge in [-0.15, -0.1) is 10.2 Å². The summed E-state index contributed by atoms with van der Waals surface area (Å²) in [5, 5.41) is 13.6. The first-order valence-corrected chi connectivity index (χ1v) is 13.0. The molecule has 1 aliphatic rings. The number of carbonyl (C=O) groups is 1. The second-order valence-corrected chi connectivity index (χ2v) is 9.94. The smallest absolute Gasteiger partial charge is 0.231 e. The van der Waals surface area contributed by atoms with Crippen LogP contribution in [0, 0.1) is 0 Å². The number of halogens is 2. The highest BCUT2D eigenvalue weighted by molar-refractivity contribution is 7.99. The molecule has 1 aromatic heterocycles. The first kappa shape index (κ1) is 24.5. The van der Waals surface area contributed by atoms with Crippen molar-refractivity contribution in [3.63, 3.8) is 0 Å². The summed E-state index contributed by atoms with van der Waals surface area (Å²) in [6.45, 7) is 2.28. The number of thioether (sulfide) groups is 1. The van der Waals surface area contributed by atoms with Crippen LogP contribution in [0.15, 0.2) is 78.0 Å². The van der Waals surface area contributed by atoms with Crippen LogP contribution in [0.4, 0.5) is 0 Å². The van der Waals surface area contributed by atoms with Crippen molar-refractivity contribution in [2.45, 2.75) is 24.2 Å². The van der Waals surface area contributed by atoms with E-state index in [4.69, 9.17) is 32.7 Å². The van der Waals surface area contributed by atoms with E-state index in [0.29, 0.717) is 33.4 Å². The van der Waals surface area contributed by atoms with Gasteiger partial charge >= 0.3 is 0 Å². The van der Waals surface area contributed by atoms with Crippen LogP contribution >= 0.6 is 35.0 Å². The van der Waals surface area contributed by atoms with E-state index < -0.39 is 6.10 Å². The SMILES string of the molecule is C[C@H](Oc1ccc(Cl)cc1)c1nnc(SCC(=O)N[C@@H]2COc3ccc(Cl)cc32)n1-c1ccccc1. The van der Waals surface area contributed by atoms with Crippen molar-refractivity contribution in [1.82, 2.24) is 20.1 Å². The number of nitrogens with one attached hydrogen (secondary N) is 1. The second-order valence-electron chi connectivity index (χ2n) is 8.13. The van der Waals surface area contributed by atoms with Gasteiger partial charge in [-0.05, 0) is 61.5 Å². The number of fused-ring (bicyclic) bond motifs is 1. The van der Waals surface area contributed by atoms with Crippen molar-refractivity contribution in [1.29, 1.82) is 0 Å². The molecule has 3 aromatic carbocycles. The topological polar surface area (TPSA) is 78.3 Å². The quantitative estimate of drug-likeness (QED) is 0.274. The average molecular weight is 541 g/mol. The number of amides is 1. The molecule has 0 aliphatic carbocycles. The zero-order valence-corrected chi connectivity index (χ0v) is 21.6. The van der Waals surface area contributed by atoms with Crippen LogP contribution in [-0.4, -0.2) is 33.0 Å². The van der Waals surface area contributed by atoms with Crippen molar-refractivity contribution in [2.24, 2.45) is 0 Å². The van der Waals surface area contributed by atoms with Gasteiger partial charge in [-0.1, -0.05) is 53.2 Å². The molecular weight excluding hydrogens is 519 g/mol. The summed E-state index contributed by atoms with van der Waals surface area (Å²) in [6, 6.07) is 22.0. The summed E-state index contributed by atoms with van der Waals surface area (Å²) in [6.07, 6.45) is -0.404. The van der Waals surface area contributed by atoms with E-state index in [1.807, 2.05) is 54.0 Å². The second kappa shape index (κ2) is 10.8. The van der Waals surface area contributed by atoms with Gasteiger partial charge < -0.3 is 14.8 Å². The predicted octanol–water partition coefficient (Wildman–Crippen LogP) is 6.06. The maximum atomic E-state index is 12.8. The standard InChI is InChI=1S/C26H22Cl2N4O3S/c1-16(35-20-10-7-17(27)8-11-20)25-30-31-26(32(25)19-5-3-2-4-6-19)36-15-24(33)29-22-14-34-23-12-9-18(28)13-21(22)23/h2-13,16,22H,14-15H2,1H3,(H,29,33)/t16-,22+/m0/s1. The van der Waals surface area contributed by atoms with E-state index in [1.165, 1.54) is 11.8 Å². The van der Waals surface area contributed by atoms with Gasteiger partial charge in [0, 0.05) is 21.3 Å². The first-order chi connectivity index (χ1) is 17.5. The van der Waals surface area contributed by atoms with Crippen molar-refractivity contribution < 1.29 is 14.3 Å². The van der Waals surface area contributed by atoms with Gasteiger partial charge in [0.05, 0.1) is 11.8 Å². The van der Waals surface area contributed by atoms with E-state index in [1.54, 1.807) is 30.3 Å². The first-order valence-electron chi connectivity index (χ1n) is 11.3. The van der Waals surface area contributed by atoms with Crippen LogP contribution in [0.5, 0.6) is 11.5 Å². The molecule has 7 nitrogen and oxygen atoms in total. The molecule has 2 heterocycles. The molecule has 36 heavy (non-hydrogen) atoms. The number of hydrogen-bond acceptors (Lipinski definition) is 6. The molecule has 1 N–H and O–H groups in total. The molecule has 1 amide bonds. The van der Waals surface area contributed by atoms with E-state index in [-0.39, 0.29) is 17.7 Å². The number of ether oxygens (including phenoxy) is 2. The van der Waals surface area contributed by atoms with Gasteiger partial charge in [-0.25, -0.2) is 0 Å². The highest BCUT2D eigenvalue weighted by Gasteiger charge is 2.27. The molecule has 0 spiro atoms. The molecule has 10 heteroatoms. The molecule has 0 saturated carbocycles. The van der Waals surface area contributed by atoms with Gasteiger partial charge in [0.25, 0.3) is 0 Å². The van der Waals surface area contributed by atoms with Crippen LogP contribution in [0.3, 0.4) is 0 Å². The van der Waals surface area contributed by atoms with Gasteiger partial charge in [0.2, 0.25) is 5.91 Å². The van der Waals surface area contributed by atoms with Crippen molar-refractivity contribution >= 4 is 40.9 Å². The van der Waals surface area contributed by atoms with Crippen molar-refractivity contribution in [3.05, 3.63) is 94.2 Å². The molecule has 2 atom stereocenters. The molecule has 5 rings (SSSR count). The summed E-state index contributed by atoms with van der Waals surface area (Å²) in [7, 11) is 0. The fourth-order valence-electron chi connectivity index (χ4n) is 3.90. The highest BCUT2D eigenvalue weighted by atomic mass is 35.5. The Morgan fingerprint density at radius 3 is 2.64 bits per heavy atom. The summed E-state index contributed by atoms with van der Waals surface area (Å²) < 4.78 is 13.7. The minimum absolute atomic E-state index is 0.143. The maximum Gasteiger partial charge on any atom is 0.231 e. The van der Waals surface area contributed by atoms with Gasteiger partial charge in [-0.3, -0.25) is 9.36 Å². The van der Waals surface area contributed by atoms with Crippen LogP contribution in [0.1, 0.15) is 30.5 Å². The van der Waals surface area contributed by atoms with E-state index >= 15 is 0 Å². The Morgan fingerprint density at radius 1 is 1.11 bits per heavy atom. The minimum atomic E-state index is -0.404. The number of aromatic nitrogens is 3. The summed E-state index contributed by atoms with van der Waals surface area (Å²) >= 11 is 13.4. The van der Waals surface area contributed by atoms with Gasteiger partial charge in [0.1, 0.15) is 18.1 Å². The van der Waals surface area contributed by atoms with Crippen LogP contribution in [-0.2, 0) is 4.79 Å². The average Bonchev–Trinajstić information content (AvgIpc) is 3.49. The van der Waals surface area contributed by atoms with Crippen molar-refractivity contribution in [2.75, 3.05) is 12.4 Å². The number of benzene rings is 3. The lowest BCUT2D eigenvalue weighted by atomic mass is 10.1. The summed E-state index contributed by atoms with van der Waals surface area (Å²) in [5.74, 6) is 2.04. The third kappa shape index (κ3) is 5.46. The Hall–Kier alpha value is -3.20. The zero-order valence-electron chi connectivity index (χ0n) is 19.2. The molecule has 0 saturated heterocycles. The molecule has 184 valence electrons. The fraction of sp³-hybridized carbons (Fsp3) is 0.192. The third-order valence-electron chi connectivity index (χ3n) is 5.58. The molecule has 0 bridgehead atoms. The number of rotatable bonds is 8. The van der Waals surface area contributed by atoms with E-state index in [0.717, 1.165) is 17.0 Å². The highest BCUT2D eigenvalue weighted by Crippen LogP contribution is 2.34. The summed E-state index contributed by atoms with van der Waals surface area (Å²) in [4.78, 5) is 12.8. The van der Waals surface area contributed by atoms with Crippen LogP contribution in [0.25, 0.3) is 5.69 Å². The molecular formula is C26H22Cl2N4O3S. The number of hydrogen-bond donors (Lipinski definition) is 1. The van der Waals surface area contributed by atoms with Crippen LogP contribution in [0.2, 0.25) is 10.0 Å². The van der Waals surface area contributed by atoms with E-state index in [9.17, 15) is 4.79 Å². The maximum absolute atomic E-state index is 12.8. The number of carbonyl (C=O) groups excluding carboxylic acids is 1. The number of para-hydroxylation sites is 1. The Balaban J connectivity index is 1.32. The predicted molar refractivity (Wildman–Crippen MR) is 140 cm³/mol. The Bertz CT molecular complexity index is 1370. The monoisotopic (exact) mass is 540 g/mol. The van der Waals surface area contributed by atoms with Gasteiger partial charge in [0.15, 0.2) is 17.1 Å². The third-order valence-corrected chi connectivity index (χ3v) is 7.00. The number of nitrogens with zero attached hydrogens (tertiary/aromatic N) is 3. The Morgan fingerprint density at radius 2 is 1.86 bits per heavy atom. The lowest BCUT2D eigenvalue weighted by Crippen LogP contribution is -2.30. The molecule has 4 aromatic rings. The lowest BCUT2D eigenvalue weighted by molar-refractivity contribution is -0.119. The van der Waals surface area contributed by atoms with E-state index in [2.05, 4.69) is 15.5 Å². The van der Waals surface area contributed by atoms with Crippen molar-refractivity contribution in [3.8, 4) is 17.2 Å². The fourth-order valence-corrected chi connectivity index (χ4v) is 4.98. The van der Waals surface area contributed by atoms with Crippen LogP contribution < -0.4 is 14.8 Å². The van der Waals surface area contributed by atoms with Gasteiger partial charge in [-0.2, -0.15) is 0 Å². The Labute approximate surface area is 222 Å². The normalized spacial score (nSPS) is 15.1. The zero-order chi connectivity index (χ0) is 25.1.